The maximum Gasteiger partial charge on any atom is 0.336 e. The van der Waals surface area contributed by atoms with Gasteiger partial charge in [0.15, 0.2) is 0 Å². The van der Waals surface area contributed by atoms with E-state index in [1.807, 2.05) is 30.3 Å². The van der Waals surface area contributed by atoms with Crippen LogP contribution in [0.3, 0.4) is 0 Å². The van der Waals surface area contributed by atoms with Crippen molar-refractivity contribution in [3.63, 3.8) is 0 Å². The van der Waals surface area contributed by atoms with Crippen LogP contribution in [0.25, 0.3) is 10.9 Å². The number of nitrogens with zero attached hydrogens (tertiary/aromatic N) is 3. The summed E-state index contributed by atoms with van der Waals surface area (Å²) in [7, 11) is -4.18. The van der Waals surface area contributed by atoms with E-state index in [0.29, 0.717) is 12.2 Å². The molecule has 0 saturated carbocycles. The van der Waals surface area contributed by atoms with Gasteiger partial charge in [0.05, 0.1) is 17.4 Å². The Kier molecular flexibility index (Phi) is 3.87. The standard InChI is InChI=1S/C17H16N4O3S/c22-25(23,24)21-8-6-15-13(11-21)5-7-18-17(15)20-14-9-12-3-1-2-4-16(12)19-10-14/h1-5,7,9-10H,6,8,11H2,(H,18,20)(H,22,23,24). The first kappa shape index (κ1) is 15.9. The minimum Gasteiger partial charge on any atom is -0.339 e. The summed E-state index contributed by atoms with van der Waals surface area (Å²) >= 11 is 0. The third kappa shape index (κ3) is 3.19. The van der Waals surface area contributed by atoms with Gasteiger partial charge in [-0.2, -0.15) is 12.7 Å². The van der Waals surface area contributed by atoms with Gasteiger partial charge in [-0.15, -0.1) is 0 Å². The quantitative estimate of drug-likeness (QED) is 0.700. The van der Waals surface area contributed by atoms with Gasteiger partial charge in [0.2, 0.25) is 0 Å². The lowest BCUT2D eigenvalue weighted by atomic mass is 10.0. The zero-order valence-electron chi connectivity index (χ0n) is 13.3. The van der Waals surface area contributed by atoms with Crippen molar-refractivity contribution >= 4 is 32.7 Å². The minimum atomic E-state index is -4.18. The van der Waals surface area contributed by atoms with Crippen molar-refractivity contribution < 1.29 is 13.0 Å². The molecule has 2 N–H and O–H groups in total. The number of hydrogen-bond acceptors (Lipinski definition) is 5. The molecule has 7 nitrogen and oxygen atoms in total. The molecule has 4 rings (SSSR count). The van der Waals surface area contributed by atoms with Gasteiger partial charge >= 0.3 is 10.3 Å². The van der Waals surface area contributed by atoms with E-state index in [2.05, 4.69) is 15.3 Å². The predicted octanol–water partition coefficient (Wildman–Crippen LogP) is 2.53. The molecule has 0 unspecified atom stereocenters. The molecule has 0 spiro atoms. The predicted molar refractivity (Wildman–Crippen MR) is 94.9 cm³/mol. The van der Waals surface area contributed by atoms with E-state index >= 15 is 0 Å². The highest BCUT2D eigenvalue weighted by atomic mass is 32.2. The van der Waals surface area contributed by atoms with Crippen LogP contribution in [0.5, 0.6) is 0 Å². The molecule has 0 aliphatic carbocycles. The number of benzene rings is 1. The monoisotopic (exact) mass is 356 g/mol. The van der Waals surface area contributed by atoms with Crippen molar-refractivity contribution in [2.24, 2.45) is 0 Å². The summed E-state index contributed by atoms with van der Waals surface area (Å²) in [6.45, 7) is 0.365. The summed E-state index contributed by atoms with van der Waals surface area (Å²) in [5.74, 6) is 0.685. The number of pyridine rings is 2. The Morgan fingerprint density at radius 1 is 1.16 bits per heavy atom. The second-order valence-corrected chi connectivity index (χ2v) is 7.31. The molecule has 1 aliphatic heterocycles. The Bertz CT molecular complexity index is 1050. The lowest BCUT2D eigenvalue weighted by Crippen LogP contribution is -2.35. The summed E-state index contributed by atoms with van der Waals surface area (Å²) in [6.07, 6.45) is 3.85. The normalized spacial score (nSPS) is 15.1. The zero-order valence-corrected chi connectivity index (χ0v) is 14.1. The molecule has 0 radical (unpaired) electrons. The SMILES string of the molecule is O=S(=O)(O)N1CCc2c(ccnc2Nc2cnc3ccccc3c2)C1. The highest BCUT2D eigenvalue weighted by molar-refractivity contribution is 7.83. The lowest BCUT2D eigenvalue weighted by Gasteiger charge is -2.26. The van der Waals surface area contributed by atoms with E-state index in [1.54, 1.807) is 18.5 Å². The smallest absolute Gasteiger partial charge is 0.336 e. The van der Waals surface area contributed by atoms with Gasteiger partial charge < -0.3 is 5.32 Å². The van der Waals surface area contributed by atoms with Crippen LogP contribution in [-0.2, 0) is 23.3 Å². The molecule has 0 amide bonds. The molecule has 3 aromatic rings. The van der Waals surface area contributed by atoms with Crippen LogP contribution < -0.4 is 5.32 Å². The molecule has 0 fully saturated rings. The number of fused-ring (bicyclic) bond motifs is 2. The molecule has 25 heavy (non-hydrogen) atoms. The van der Waals surface area contributed by atoms with Crippen molar-refractivity contribution in [3.05, 3.63) is 59.9 Å². The molecule has 128 valence electrons. The Balaban J connectivity index is 1.65. The number of aromatic nitrogens is 2. The highest BCUT2D eigenvalue weighted by Crippen LogP contribution is 2.28. The van der Waals surface area contributed by atoms with Crippen LogP contribution in [0.1, 0.15) is 11.1 Å². The van der Waals surface area contributed by atoms with E-state index in [1.165, 1.54) is 0 Å². The summed E-state index contributed by atoms with van der Waals surface area (Å²) < 4.78 is 33.0. The van der Waals surface area contributed by atoms with E-state index in [9.17, 15) is 13.0 Å². The zero-order chi connectivity index (χ0) is 17.4. The van der Waals surface area contributed by atoms with Gasteiger partial charge in [-0.25, -0.2) is 4.98 Å². The van der Waals surface area contributed by atoms with E-state index in [0.717, 1.165) is 32.0 Å². The molecule has 0 atom stereocenters. The first-order chi connectivity index (χ1) is 12.0. The van der Waals surface area contributed by atoms with Crippen molar-refractivity contribution in [3.8, 4) is 0 Å². The molecule has 0 saturated heterocycles. The van der Waals surface area contributed by atoms with Crippen molar-refractivity contribution in [2.45, 2.75) is 13.0 Å². The number of para-hydroxylation sites is 1. The second-order valence-electron chi connectivity index (χ2n) is 5.90. The largest absolute Gasteiger partial charge is 0.339 e. The molecule has 0 bridgehead atoms. The average Bonchev–Trinajstić information content (AvgIpc) is 2.61. The van der Waals surface area contributed by atoms with Gasteiger partial charge in [-0.1, -0.05) is 18.2 Å². The Labute approximate surface area is 145 Å². The van der Waals surface area contributed by atoms with Gasteiger partial charge in [0, 0.05) is 30.2 Å². The van der Waals surface area contributed by atoms with Crippen LogP contribution in [0.15, 0.2) is 48.8 Å². The van der Waals surface area contributed by atoms with Crippen LogP contribution in [-0.4, -0.2) is 33.8 Å². The molecule has 8 heteroatoms. The van der Waals surface area contributed by atoms with Gasteiger partial charge in [-0.05, 0) is 30.2 Å². The summed E-state index contributed by atoms with van der Waals surface area (Å²) in [4.78, 5) is 8.81. The van der Waals surface area contributed by atoms with E-state index in [4.69, 9.17) is 0 Å². The molecule has 1 aromatic carbocycles. The summed E-state index contributed by atoms with van der Waals surface area (Å²) in [5.41, 5.74) is 3.52. The number of anilines is 2. The number of nitrogens with one attached hydrogen (secondary N) is 1. The van der Waals surface area contributed by atoms with E-state index < -0.39 is 10.3 Å². The highest BCUT2D eigenvalue weighted by Gasteiger charge is 2.26. The number of rotatable bonds is 3. The van der Waals surface area contributed by atoms with Crippen LogP contribution >= 0.6 is 0 Å². The fourth-order valence-electron chi connectivity index (χ4n) is 3.05. The van der Waals surface area contributed by atoms with Crippen molar-refractivity contribution in [2.75, 3.05) is 11.9 Å². The van der Waals surface area contributed by atoms with Crippen LogP contribution in [0.4, 0.5) is 11.5 Å². The fraction of sp³-hybridized carbons (Fsp3) is 0.176. The maximum absolute atomic E-state index is 11.3. The molecule has 1 aliphatic rings. The molecule has 2 aromatic heterocycles. The van der Waals surface area contributed by atoms with Gasteiger partial charge in [0.1, 0.15) is 5.82 Å². The van der Waals surface area contributed by atoms with Gasteiger partial charge in [0.25, 0.3) is 0 Å². The first-order valence-electron chi connectivity index (χ1n) is 7.82. The minimum absolute atomic E-state index is 0.140. The summed E-state index contributed by atoms with van der Waals surface area (Å²) in [5, 5.41) is 4.30. The second kappa shape index (κ2) is 6.07. The maximum atomic E-state index is 11.3. The lowest BCUT2D eigenvalue weighted by molar-refractivity contribution is 0.336. The molecular formula is C17H16N4O3S. The van der Waals surface area contributed by atoms with Crippen molar-refractivity contribution in [1.29, 1.82) is 0 Å². The topological polar surface area (TPSA) is 95.4 Å². The Morgan fingerprint density at radius 2 is 2.00 bits per heavy atom. The fourth-order valence-corrected chi connectivity index (χ4v) is 3.67. The van der Waals surface area contributed by atoms with Crippen LogP contribution in [0, 0.1) is 0 Å². The third-order valence-electron chi connectivity index (χ3n) is 4.29. The number of hydrogen-bond donors (Lipinski definition) is 2. The van der Waals surface area contributed by atoms with Crippen LogP contribution in [0.2, 0.25) is 0 Å². The van der Waals surface area contributed by atoms with E-state index in [-0.39, 0.29) is 13.1 Å². The molecule has 3 heterocycles. The third-order valence-corrected chi connectivity index (χ3v) is 5.25. The Morgan fingerprint density at radius 3 is 2.84 bits per heavy atom. The van der Waals surface area contributed by atoms with Gasteiger partial charge in [-0.3, -0.25) is 9.54 Å². The molecular weight excluding hydrogens is 340 g/mol. The average molecular weight is 356 g/mol. The summed E-state index contributed by atoms with van der Waals surface area (Å²) in [6, 6.07) is 11.6. The first-order valence-corrected chi connectivity index (χ1v) is 9.21. The Hall–Kier alpha value is -2.55. The van der Waals surface area contributed by atoms with Crippen molar-refractivity contribution in [1.82, 2.24) is 14.3 Å².